The third-order valence-electron chi connectivity index (χ3n) is 5.44. The minimum atomic E-state index is -0.635. The van der Waals surface area contributed by atoms with Crippen LogP contribution in [0, 0.1) is 0 Å². The Hall–Kier alpha value is -2.48. The van der Waals surface area contributed by atoms with Crippen LogP contribution >= 0.6 is 11.3 Å². The van der Waals surface area contributed by atoms with Gasteiger partial charge in [-0.25, -0.2) is 4.79 Å². The normalized spacial score (nSPS) is 18.1. The first-order valence-electron chi connectivity index (χ1n) is 10.4. The Kier molecular flexibility index (Phi) is 6.39. The Morgan fingerprint density at radius 1 is 1.03 bits per heavy atom. The van der Waals surface area contributed by atoms with E-state index in [1.165, 1.54) is 30.6 Å². The number of anilines is 1. The van der Waals surface area contributed by atoms with E-state index in [0.717, 1.165) is 36.3 Å². The van der Waals surface area contributed by atoms with Crippen LogP contribution < -0.4 is 16.0 Å². The van der Waals surface area contributed by atoms with Crippen LogP contribution in [-0.2, 0) is 11.2 Å². The monoisotopic (exact) mass is 413 g/mol. The molecule has 2 aromatic rings. The summed E-state index contributed by atoms with van der Waals surface area (Å²) in [6.07, 6.45) is 8.47. The van der Waals surface area contributed by atoms with Gasteiger partial charge in [0.1, 0.15) is 11.0 Å². The van der Waals surface area contributed by atoms with Crippen LogP contribution in [0.5, 0.6) is 0 Å². The van der Waals surface area contributed by atoms with E-state index in [4.69, 9.17) is 0 Å². The van der Waals surface area contributed by atoms with Crippen molar-refractivity contribution in [1.29, 1.82) is 0 Å². The summed E-state index contributed by atoms with van der Waals surface area (Å²) in [5, 5.41) is 18.4. The summed E-state index contributed by atoms with van der Waals surface area (Å²) in [6.45, 7) is 0. The molecule has 7 nitrogen and oxygen atoms in total. The quantitative estimate of drug-likeness (QED) is 0.646. The van der Waals surface area contributed by atoms with Crippen molar-refractivity contribution in [3.63, 3.8) is 0 Å². The van der Waals surface area contributed by atoms with Crippen molar-refractivity contribution < 1.29 is 9.59 Å². The number of aromatic nitrogens is 2. The molecule has 0 aliphatic heterocycles. The molecular weight excluding hydrogens is 386 g/mol. The first-order valence-corrected chi connectivity index (χ1v) is 11.2. The molecule has 1 unspecified atom stereocenters. The molecule has 3 N–H and O–H groups in total. The largest absolute Gasteiger partial charge is 0.352 e. The van der Waals surface area contributed by atoms with Gasteiger partial charge < -0.3 is 10.6 Å². The Morgan fingerprint density at radius 3 is 2.52 bits per heavy atom. The number of amides is 3. The fraction of sp³-hybridized carbons (Fsp3) is 0.524. The van der Waals surface area contributed by atoms with Crippen molar-refractivity contribution in [3.8, 4) is 0 Å². The first-order chi connectivity index (χ1) is 14.2. The fourth-order valence-corrected chi connectivity index (χ4v) is 4.59. The number of hydrogen-bond acceptors (Lipinski definition) is 5. The predicted octanol–water partition coefficient (Wildman–Crippen LogP) is 3.60. The van der Waals surface area contributed by atoms with Gasteiger partial charge in [0.2, 0.25) is 11.0 Å². The van der Waals surface area contributed by atoms with Crippen molar-refractivity contribution in [1.82, 2.24) is 20.8 Å². The van der Waals surface area contributed by atoms with Gasteiger partial charge in [0.25, 0.3) is 0 Å². The molecule has 0 radical (unpaired) electrons. The molecule has 0 spiro atoms. The van der Waals surface area contributed by atoms with Crippen LogP contribution in [0.25, 0.3) is 0 Å². The third kappa shape index (κ3) is 5.76. The molecule has 0 bridgehead atoms. The van der Waals surface area contributed by atoms with Crippen LogP contribution in [0.4, 0.5) is 9.93 Å². The molecule has 1 heterocycles. The lowest BCUT2D eigenvalue weighted by Crippen LogP contribution is -2.49. The number of hydrogen-bond donors (Lipinski definition) is 3. The van der Waals surface area contributed by atoms with Crippen molar-refractivity contribution in [2.75, 3.05) is 5.32 Å². The van der Waals surface area contributed by atoms with E-state index < -0.39 is 12.1 Å². The highest BCUT2D eigenvalue weighted by Crippen LogP contribution is 2.35. The van der Waals surface area contributed by atoms with Gasteiger partial charge in [0.15, 0.2) is 0 Å². The molecule has 2 saturated carbocycles. The molecule has 154 valence electrons. The molecule has 0 saturated heterocycles. The van der Waals surface area contributed by atoms with Gasteiger partial charge in [-0.15, -0.1) is 10.2 Å². The van der Waals surface area contributed by atoms with Crippen LogP contribution in [0.1, 0.15) is 61.4 Å². The summed E-state index contributed by atoms with van der Waals surface area (Å²) in [5.41, 5.74) is 0.999. The molecular formula is C21H27N5O2S. The van der Waals surface area contributed by atoms with Crippen molar-refractivity contribution in [2.45, 2.75) is 69.4 Å². The van der Waals surface area contributed by atoms with Gasteiger partial charge in [0, 0.05) is 18.4 Å². The Bertz CT molecular complexity index is 831. The second-order valence-corrected chi connectivity index (χ2v) is 8.91. The maximum absolute atomic E-state index is 12.6. The lowest BCUT2D eigenvalue weighted by molar-refractivity contribution is -0.123. The molecule has 29 heavy (non-hydrogen) atoms. The van der Waals surface area contributed by atoms with Gasteiger partial charge in [-0.3, -0.25) is 10.1 Å². The van der Waals surface area contributed by atoms with Gasteiger partial charge in [0.05, 0.1) is 0 Å². The number of carbonyl (C=O) groups excluding carboxylic acids is 2. The minimum Gasteiger partial charge on any atom is -0.352 e. The second-order valence-electron chi connectivity index (χ2n) is 7.90. The Morgan fingerprint density at radius 2 is 1.79 bits per heavy atom. The zero-order valence-electron chi connectivity index (χ0n) is 16.4. The number of benzene rings is 1. The van der Waals surface area contributed by atoms with Crippen molar-refractivity contribution >= 4 is 28.4 Å². The third-order valence-corrected chi connectivity index (χ3v) is 6.44. The number of nitrogens with one attached hydrogen (secondary N) is 3. The minimum absolute atomic E-state index is 0.147. The number of urea groups is 1. The van der Waals surface area contributed by atoms with Crippen LogP contribution in [0.2, 0.25) is 0 Å². The van der Waals surface area contributed by atoms with E-state index in [1.54, 1.807) is 0 Å². The molecule has 1 aromatic heterocycles. The second kappa shape index (κ2) is 9.35. The van der Waals surface area contributed by atoms with Crippen LogP contribution in [0.3, 0.4) is 0 Å². The van der Waals surface area contributed by atoms with E-state index in [2.05, 4.69) is 26.1 Å². The summed E-state index contributed by atoms with van der Waals surface area (Å²) in [5.74, 6) is 0.307. The molecule has 4 rings (SSSR count). The molecule has 1 aromatic carbocycles. The molecule has 1 atom stereocenters. The lowest BCUT2D eigenvalue weighted by atomic mass is 9.90. The molecule has 8 heteroatoms. The highest BCUT2D eigenvalue weighted by atomic mass is 32.1. The zero-order chi connectivity index (χ0) is 20.1. The zero-order valence-corrected chi connectivity index (χ0v) is 17.2. The molecule has 2 aliphatic carbocycles. The van der Waals surface area contributed by atoms with E-state index in [1.807, 2.05) is 30.3 Å². The Labute approximate surface area is 174 Å². The van der Waals surface area contributed by atoms with E-state index >= 15 is 0 Å². The van der Waals surface area contributed by atoms with Crippen LogP contribution in [0.15, 0.2) is 30.3 Å². The molecule has 3 amide bonds. The standard InChI is InChI=1S/C21H27N5O2S/c27-18(22-16-11-12-16)17(13-14-7-3-1-4-8-14)23-20(28)24-21-26-25-19(29-21)15-9-5-2-6-10-15/h1,3-4,7-8,15-17H,2,5-6,9-13H2,(H,22,27)(H2,23,24,26,28). The average Bonchev–Trinajstić information content (AvgIpc) is 3.43. The summed E-state index contributed by atoms with van der Waals surface area (Å²) in [4.78, 5) is 25.2. The predicted molar refractivity (Wildman–Crippen MR) is 113 cm³/mol. The highest BCUT2D eigenvalue weighted by molar-refractivity contribution is 7.15. The van der Waals surface area contributed by atoms with E-state index in [-0.39, 0.29) is 11.9 Å². The summed E-state index contributed by atoms with van der Waals surface area (Å²) in [7, 11) is 0. The first kappa shape index (κ1) is 19.8. The molecule has 2 aliphatic rings. The SMILES string of the molecule is O=C(Nc1nnc(C2CCCCC2)s1)NC(Cc1ccccc1)C(=O)NC1CC1. The average molecular weight is 414 g/mol. The van der Waals surface area contributed by atoms with E-state index in [9.17, 15) is 9.59 Å². The summed E-state index contributed by atoms with van der Waals surface area (Å²) >= 11 is 1.43. The topological polar surface area (TPSA) is 96.0 Å². The van der Waals surface area contributed by atoms with Crippen molar-refractivity contribution in [2.24, 2.45) is 0 Å². The van der Waals surface area contributed by atoms with E-state index in [0.29, 0.717) is 17.5 Å². The Balaban J connectivity index is 1.36. The fourth-order valence-electron chi connectivity index (χ4n) is 3.68. The van der Waals surface area contributed by atoms with Crippen molar-refractivity contribution in [3.05, 3.63) is 40.9 Å². The number of nitrogens with zero attached hydrogens (tertiary/aromatic N) is 2. The maximum Gasteiger partial charge on any atom is 0.321 e. The van der Waals surface area contributed by atoms with Crippen LogP contribution in [-0.4, -0.2) is 34.2 Å². The summed E-state index contributed by atoms with van der Waals surface area (Å²) < 4.78 is 0. The summed E-state index contributed by atoms with van der Waals surface area (Å²) in [6, 6.07) is 8.89. The number of carbonyl (C=O) groups is 2. The van der Waals surface area contributed by atoms with Gasteiger partial charge in [-0.1, -0.05) is 60.9 Å². The molecule has 2 fully saturated rings. The highest BCUT2D eigenvalue weighted by Gasteiger charge is 2.29. The lowest BCUT2D eigenvalue weighted by Gasteiger charge is -2.19. The van der Waals surface area contributed by atoms with Gasteiger partial charge in [-0.05, 0) is 31.2 Å². The maximum atomic E-state index is 12.6. The van der Waals surface area contributed by atoms with Gasteiger partial charge in [-0.2, -0.15) is 0 Å². The smallest absolute Gasteiger partial charge is 0.321 e. The van der Waals surface area contributed by atoms with Gasteiger partial charge >= 0.3 is 6.03 Å². The number of rotatable bonds is 7.